The van der Waals surface area contributed by atoms with Gasteiger partial charge in [0.15, 0.2) is 0 Å². The number of hydrogen-bond acceptors (Lipinski definition) is 2. The monoisotopic (exact) mass is 458 g/mol. The summed E-state index contributed by atoms with van der Waals surface area (Å²) < 4.78 is 0.980. The van der Waals surface area contributed by atoms with E-state index in [-0.39, 0.29) is 5.91 Å². The Kier molecular flexibility index (Phi) is 6.32. The highest BCUT2D eigenvalue weighted by Crippen LogP contribution is 2.32. The molecule has 3 rings (SSSR count). The number of rotatable bonds is 4. The molecule has 1 aliphatic rings. The number of carbonyl (C=O) groups excluding carboxylic acids is 1. The van der Waals surface area contributed by atoms with Crippen molar-refractivity contribution in [1.82, 2.24) is 4.90 Å². The largest absolute Gasteiger partial charge is 0.465 e. The van der Waals surface area contributed by atoms with E-state index >= 15 is 0 Å². The van der Waals surface area contributed by atoms with Gasteiger partial charge < -0.3 is 10.0 Å². The molecule has 29 heavy (non-hydrogen) atoms. The van der Waals surface area contributed by atoms with Crippen molar-refractivity contribution in [3.63, 3.8) is 0 Å². The minimum absolute atomic E-state index is 0.172. The van der Waals surface area contributed by atoms with Gasteiger partial charge in [-0.3, -0.25) is 9.69 Å². The number of benzene rings is 2. The van der Waals surface area contributed by atoms with Crippen LogP contribution in [0.25, 0.3) is 0 Å². The number of hydrogen-bond donors (Lipinski definition) is 1. The average molecular weight is 459 g/mol. The maximum atomic E-state index is 13.8. The summed E-state index contributed by atoms with van der Waals surface area (Å²) in [5, 5.41) is 9.99. The summed E-state index contributed by atoms with van der Waals surface area (Å²) in [5.74, 6) is -0.172. The Morgan fingerprint density at radius 2 is 1.86 bits per heavy atom. The molecule has 154 valence electrons. The average Bonchev–Trinajstić information content (AvgIpc) is 2.65. The lowest BCUT2D eigenvalue weighted by atomic mass is 9.95. The van der Waals surface area contributed by atoms with Crippen molar-refractivity contribution in [1.29, 1.82) is 0 Å². The van der Waals surface area contributed by atoms with Crippen LogP contribution in [0.5, 0.6) is 0 Å². The minimum Gasteiger partial charge on any atom is -0.465 e. The molecule has 5 nitrogen and oxygen atoms in total. The van der Waals surface area contributed by atoms with E-state index in [2.05, 4.69) is 15.9 Å². The Morgan fingerprint density at radius 3 is 2.48 bits per heavy atom. The van der Waals surface area contributed by atoms with Crippen LogP contribution in [0.15, 0.2) is 53.0 Å². The third kappa shape index (κ3) is 4.81. The van der Waals surface area contributed by atoms with Gasteiger partial charge in [-0.25, -0.2) is 4.79 Å². The van der Waals surface area contributed by atoms with E-state index in [9.17, 15) is 14.7 Å². The molecule has 2 amide bonds. The van der Waals surface area contributed by atoms with Crippen LogP contribution in [0.4, 0.5) is 10.5 Å². The molecule has 0 saturated carbocycles. The molecule has 0 saturated heterocycles. The summed E-state index contributed by atoms with van der Waals surface area (Å²) in [6.07, 6.45) is 1.02. The highest BCUT2D eigenvalue weighted by Gasteiger charge is 2.40. The van der Waals surface area contributed by atoms with Gasteiger partial charge in [0.2, 0.25) is 5.91 Å². The lowest BCUT2D eigenvalue weighted by Crippen LogP contribution is -2.59. The van der Waals surface area contributed by atoms with Crippen LogP contribution in [0, 0.1) is 0 Å². The molecule has 0 aliphatic carbocycles. The Balaban J connectivity index is 2.02. The van der Waals surface area contributed by atoms with Crippen molar-refractivity contribution < 1.29 is 14.7 Å². The second-order valence-corrected chi connectivity index (χ2v) is 9.31. The second-order valence-electron chi connectivity index (χ2n) is 8.40. The molecule has 0 bridgehead atoms. The minimum atomic E-state index is -1.08. The van der Waals surface area contributed by atoms with Crippen LogP contribution < -0.4 is 4.90 Å². The third-order valence-corrected chi connectivity index (χ3v) is 5.72. The Morgan fingerprint density at radius 1 is 1.17 bits per heavy atom. The maximum Gasteiger partial charge on any atom is 0.408 e. The van der Waals surface area contributed by atoms with Gasteiger partial charge in [-0.15, -0.1) is 0 Å². The predicted octanol–water partition coefficient (Wildman–Crippen LogP) is 5.12. The molecular formula is C23H27BrN2O3. The van der Waals surface area contributed by atoms with Crippen LogP contribution >= 0.6 is 15.9 Å². The van der Waals surface area contributed by atoms with Crippen LogP contribution in [-0.4, -0.2) is 40.1 Å². The molecule has 1 aliphatic heterocycles. The van der Waals surface area contributed by atoms with Crippen molar-refractivity contribution in [2.45, 2.75) is 51.6 Å². The summed E-state index contributed by atoms with van der Waals surface area (Å²) in [6.45, 7) is 6.07. The quantitative estimate of drug-likeness (QED) is 0.691. The first kappa shape index (κ1) is 21.4. The SMILES string of the molecule is CC(C)(C)N(C(=O)O)[C@H](Cc1ccccc1)C(=O)N1CCCc2cc(Br)ccc21. The molecular weight excluding hydrogens is 432 g/mol. The van der Waals surface area contributed by atoms with E-state index in [1.807, 2.05) is 69.3 Å². The molecule has 0 fully saturated rings. The molecule has 2 aromatic carbocycles. The molecule has 6 heteroatoms. The zero-order valence-electron chi connectivity index (χ0n) is 17.1. The topological polar surface area (TPSA) is 60.9 Å². The van der Waals surface area contributed by atoms with Crippen LogP contribution in [0.1, 0.15) is 38.3 Å². The van der Waals surface area contributed by atoms with E-state index in [4.69, 9.17) is 0 Å². The zero-order chi connectivity index (χ0) is 21.2. The van der Waals surface area contributed by atoms with Crippen molar-refractivity contribution in [2.24, 2.45) is 0 Å². The predicted molar refractivity (Wildman–Crippen MR) is 118 cm³/mol. The number of fused-ring (bicyclic) bond motifs is 1. The first-order chi connectivity index (χ1) is 13.7. The first-order valence-corrected chi connectivity index (χ1v) is 10.6. The van der Waals surface area contributed by atoms with Crippen LogP contribution in [0.2, 0.25) is 0 Å². The summed E-state index contributed by atoms with van der Waals surface area (Å²) in [4.78, 5) is 29.0. The van der Waals surface area contributed by atoms with Crippen LogP contribution in [0.3, 0.4) is 0 Å². The van der Waals surface area contributed by atoms with E-state index in [1.165, 1.54) is 4.90 Å². The fraction of sp³-hybridized carbons (Fsp3) is 0.391. The normalized spacial score (nSPS) is 14.8. The summed E-state index contributed by atoms with van der Waals surface area (Å²) in [6, 6.07) is 14.7. The molecule has 1 atom stereocenters. The van der Waals surface area contributed by atoms with Gasteiger partial charge >= 0.3 is 6.09 Å². The van der Waals surface area contributed by atoms with Gasteiger partial charge in [0.1, 0.15) is 6.04 Å². The molecule has 0 aromatic heterocycles. The van der Waals surface area contributed by atoms with E-state index < -0.39 is 17.7 Å². The van der Waals surface area contributed by atoms with Gasteiger partial charge in [-0.2, -0.15) is 0 Å². The maximum absolute atomic E-state index is 13.8. The van der Waals surface area contributed by atoms with Gasteiger partial charge in [-0.05, 0) is 62.9 Å². The fourth-order valence-electron chi connectivity index (χ4n) is 3.99. The van der Waals surface area contributed by atoms with Crippen molar-refractivity contribution in [3.8, 4) is 0 Å². The van der Waals surface area contributed by atoms with Crippen molar-refractivity contribution >= 4 is 33.6 Å². The highest BCUT2D eigenvalue weighted by molar-refractivity contribution is 9.10. The number of carbonyl (C=O) groups is 2. The number of halogens is 1. The first-order valence-electron chi connectivity index (χ1n) is 9.84. The van der Waals surface area contributed by atoms with Crippen molar-refractivity contribution in [3.05, 3.63) is 64.1 Å². The summed E-state index contributed by atoms with van der Waals surface area (Å²) in [7, 11) is 0. The smallest absolute Gasteiger partial charge is 0.408 e. The van der Waals surface area contributed by atoms with Gasteiger partial charge in [0.25, 0.3) is 0 Å². The molecule has 1 N–H and O–H groups in total. The van der Waals surface area contributed by atoms with Crippen LogP contribution in [-0.2, 0) is 17.6 Å². The number of anilines is 1. The summed E-state index contributed by atoms with van der Waals surface area (Å²) in [5.41, 5.74) is 2.21. The molecule has 0 radical (unpaired) electrons. The molecule has 1 heterocycles. The van der Waals surface area contributed by atoms with Gasteiger partial charge in [0, 0.05) is 28.7 Å². The number of nitrogens with zero attached hydrogens (tertiary/aromatic N) is 2. The number of aryl methyl sites for hydroxylation is 1. The number of amides is 2. The van der Waals surface area contributed by atoms with E-state index in [0.29, 0.717) is 13.0 Å². The van der Waals surface area contributed by atoms with Gasteiger partial charge in [0.05, 0.1) is 0 Å². The van der Waals surface area contributed by atoms with Crippen molar-refractivity contribution in [2.75, 3.05) is 11.4 Å². The molecule has 2 aromatic rings. The molecule has 0 unspecified atom stereocenters. The Bertz CT molecular complexity index is 893. The van der Waals surface area contributed by atoms with Gasteiger partial charge in [-0.1, -0.05) is 46.3 Å². The Hall–Kier alpha value is -2.34. The second kappa shape index (κ2) is 8.57. The standard InChI is InChI=1S/C23H27BrN2O3/c1-23(2,3)26(22(28)29)20(14-16-8-5-4-6-9-16)21(27)25-13-7-10-17-15-18(24)11-12-19(17)25/h4-6,8-9,11-12,15,20H,7,10,13-14H2,1-3H3,(H,28,29)/t20-/m1/s1. The van der Waals surface area contributed by atoms with E-state index in [1.54, 1.807) is 4.90 Å². The summed E-state index contributed by atoms with van der Waals surface area (Å²) >= 11 is 3.50. The Labute approximate surface area is 180 Å². The lowest BCUT2D eigenvalue weighted by Gasteiger charge is -2.41. The fourth-order valence-corrected chi connectivity index (χ4v) is 4.40. The van der Waals surface area contributed by atoms with E-state index in [0.717, 1.165) is 34.1 Å². The molecule has 0 spiro atoms. The zero-order valence-corrected chi connectivity index (χ0v) is 18.6. The lowest BCUT2D eigenvalue weighted by molar-refractivity contribution is -0.125. The third-order valence-electron chi connectivity index (χ3n) is 5.22. The number of carboxylic acid groups (broad SMARTS) is 1. The highest BCUT2D eigenvalue weighted by atomic mass is 79.9.